The van der Waals surface area contributed by atoms with E-state index in [0.29, 0.717) is 15.4 Å². The predicted octanol–water partition coefficient (Wildman–Crippen LogP) is 4.55. The second-order valence-corrected chi connectivity index (χ2v) is 5.48. The maximum Gasteiger partial charge on any atom is 0.269 e. The number of rotatable bonds is 5. The zero-order valence-electron chi connectivity index (χ0n) is 11.2. The molecular formula is C14H12BrClN2O3. The molecule has 0 amide bonds. The van der Waals surface area contributed by atoms with Crippen LogP contribution in [0.5, 0.6) is 5.75 Å². The van der Waals surface area contributed by atoms with Gasteiger partial charge in [0.15, 0.2) is 5.75 Å². The molecule has 0 aliphatic rings. The average molecular weight is 372 g/mol. The standard InChI is InChI=1S/C14H12BrClN2O3/c1-2-9-3-4-12(18(19)20)5-10(9)8-21-13-6-11(16)7-17-14(13)15/h3-7H,2,8H2,1H3. The summed E-state index contributed by atoms with van der Waals surface area (Å²) in [5.41, 5.74) is 1.83. The molecule has 110 valence electrons. The summed E-state index contributed by atoms with van der Waals surface area (Å²) in [6, 6.07) is 6.42. The van der Waals surface area contributed by atoms with Crippen molar-refractivity contribution in [3.8, 4) is 5.75 Å². The minimum atomic E-state index is -0.417. The molecule has 0 fully saturated rings. The van der Waals surface area contributed by atoms with Crippen molar-refractivity contribution < 1.29 is 9.66 Å². The summed E-state index contributed by atoms with van der Waals surface area (Å²) in [4.78, 5) is 14.5. The van der Waals surface area contributed by atoms with Crippen LogP contribution < -0.4 is 4.74 Å². The molecule has 0 atom stereocenters. The van der Waals surface area contributed by atoms with Gasteiger partial charge >= 0.3 is 0 Å². The van der Waals surface area contributed by atoms with E-state index in [1.807, 2.05) is 6.92 Å². The Morgan fingerprint density at radius 1 is 1.38 bits per heavy atom. The topological polar surface area (TPSA) is 65.3 Å². The van der Waals surface area contributed by atoms with Crippen LogP contribution in [0.25, 0.3) is 0 Å². The van der Waals surface area contributed by atoms with E-state index in [2.05, 4.69) is 20.9 Å². The van der Waals surface area contributed by atoms with Gasteiger partial charge in [0, 0.05) is 24.4 Å². The summed E-state index contributed by atoms with van der Waals surface area (Å²) in [6.07, 6.45) is 2.27. The van der Waals surface area contributed by atoms with Gasteiger partial charge in [0.2, 0.25) is 0 Å². The fourth-order valence-electron chi connectivity index (χ4n) is 1.87. The first-order valence-corrected chi connectivity index (χ1v) is 7.38. The minimum Gasteiger partial charge on any atom is -0.486 e. The first-order chi connectivity index (χ1) is 10.0. The van der Waals surface area contributed by atoms with Crippen LogP contribution in [0.3, 0.4) is 0 Å². The van der Waals surface area contributed by atoms with Gasteiger partial charge in [0.05, 0.1) is 9.95 Å². The third-order valence-corrected chi connectivity index (χ3v) is 3.74. The number of nitro groups is 1. The lowest BCUT2D eigenvalue weighted by molar-refractivity contribution is -0.385. The molecule has 0 radical (unpaired) electrons. The number of benzene rings is 1. The molecule has 0 unspecified atom stereocenters. The van der Waals surface area contributed by atoms with E-state index in [9.17, 15) is 10.1 Å². The molecule has 0 saturated carbocycles. The third-order valence-electron chi connectivity index (χ3n) is 2.94. The average Bonchev–Trinajstić information content (AvgIpc) is 2.47. The second kappa shape index (κ2) is 6.87. The van der Waals surface area contributed by atoms with E-state index in [1.165, 1.54) is 18.3 Å². The van der Waals surface area contributed by atoms with Gasteiger partial charge in [0.25, 0.3) is 5.69 Å². The molecule has 2 rings (SSSR count). The summed E-state index contributed by atoms with van der Waals surface area (Å²) in [5, 5.41) is 11.3. The fraction of sp³-hybridized carbons (Fsp3) is 0.214. The van der Waals surface area contributed by atoms with Gasteiger partial charge in [-0.25, -0.2) is 4.98 Å². The van der Waals surface area contributed by atoms with Crippen LogP contribution in [-0.2, 0) is 13.0 Å². The van der Waals surface area contributed by atoms with E-state index in [4.69, 9.17) is 16.3 Å². The molecular weight excluding hydrogens is 360 g/mol. The molecule has 21 heavy (non-hydrogen) atoms. The summed E-state index contributed by atoms with van der Waals surface area (Å²) >= 11 is 9.15. The number of aryl methyl sites for hydroxylation is 1. The van der Waals surface area contributed by atoms with Crippen LogP contribution in [0.2, 0.25) is 5.02 Å². The Balaban J connectivity index is 2.24. The quantitative estimate of drug-likeness (QED) is 0.439. The number of non-ortho nitro benzene ring substituents is 1. The van der Waals surface area contributed by atoms with Crippen LogP contribution in [0.15, 0.2) is 35.1 Å². The Hall–Kier alpha value is -1.66. The Morgan fingerprint density at radius 2 is 2.14 bits per heavy atom. The van der Waals surface area contributed by atoms with Crippen molar-refractivity contribution in [3.63, 3.8) is 0 Å². The lowest BCUT2D eigenvalue weighted by atomic mass is 10.1. The number of pyridine rings is 1. The van der Waals surface area contributed by atoms with Crippen LogP contribution in [0, 0.1) is 10.1 Å². The van der Waals surface area contributed by atoms with Crippen molar-refractivity contribution in [2.75, 3.05) is 0 Å². The molecule has 0 saturated heterocycles. The molecule has 5 nitrogen and oxygen atoms in total. The Morgan fingerprint density at radius 3 is 2.81 bits per heavy atom. The molecule has 0 spiro atoms. The maximum atomic E-state index is 10.9. The van der Waals surface area contributed by atoms with E-state index < -0.39 is 4.92 Å². The molecule has 0 aliphatic heterocycles. The lowest BCUT2D eigenvalue weighted by Gasteiger charge is -2.11. The van der Waals surface area contributed by atoms with E-state index in [1.54, 1.807) is 12.1 Å². The van der Waals surface area contributed by atoms with Gasteiger partial charge in [-0.05, 0) is 33.5 Å². The molecule has 2 aromatic rings. The zero-order valence-corrected chi connectivity index (χ0v) is 13.5. The molecule has 1 aromatic heterocycles. The zero-order chi connectivity index (χ0) is 15.4. The van der Waals surface area contributed by atoms with E-state index >= 15 is 0 Å². The molecule has 1 aromatic carbocycles. The predicted molar refractivity (Wildman–Crippen MR) is 83.8 cm³/mol. The molecule has 0 bridgehead atoms. The van der Waals surface area contributed by atoms with Crippen LogP contribution in [0.4, 0.5) is 5.69 Å². The normalized spacial score (nSPS) is 10.4. The van der Waals surface area contributed by atoms with Gasteiger partial charge in [-0.1, -0.05) is 24.6 Å². The number of nitro benzene ring substituents is 1. The number of hydrogen-bond donors (Lipinski definition) is 0. The number of nitrogens with zero attached hydrogens (tertiary/aromatic N) is 2. The van der Waals surface area contributed by atoms with E-state index in [-0.39, 0.29) is 12.3 Å². The Labute approximate surface area is 135 Å². The number of ether oxygens (including phenoxy) is 1. The monoisotopic (exact) mass is 370 g/mol. The summed E-state index contributed by atoms with van der Waals surface area (Å²) in [7, 11) is 0. The highest BCUT2D eigenvalue weighted by atomic mass is 79.9. The smallest absolute Gasteiger partial charge is 0.269 e. The number of hydrogen-bond acceptors (Lipinski definition) is 4. The molecule has 0 aliphatic carbocycles. The highest BCUT2D eigenvalue weighted by Crippen LogP contribution is 2.27. The summed E-state index contributed by atoms with van der Waals surface area (Å²) in [6.45, 7) is 2.20. The summed E-state index contributed by atoms with van der Waals surface area (Å²) in [5.74, 6) is 0.496. The van der Waals surface area contributed by atoms with Gasteiger partial charge in [-0.2, -0.15) is 0 Å². The van der Waals surface area contributed by atoms with Crippen molar-refractivity contribution in [1.82, 2.24) is 4.98 Å². The third kappa shape index (κ3) is 3.92. The van der Waals surface area contributed by atoms with Gasteiger partial charge in [0.1, 0.15) is 11.2 Å². The molecule has 7 heteroatoms. The molecule has 0 N–H and O–H groups in total. The maximum absolute atomic E-state index is 10.9. The molecule has 1 heterocycles. The highest BCUT2D eigenvalue weighted by Gasteiger charge is 2.11. The fourth-order valence-corrected chi connectivity index (χ4v) is 2.35. The Kier molecular flexibility index (Phi) is 5.14. The SMILES string of the molecule is CCc1ccc([N+](=O)[O-])cc1COc1cc(Cl)cnc1Br. The van der Waals surface area contributed by atoms with Crippen LogP contribution in [-0.4, -0.2) is 9.91 Å². The second-order valence-electron chi connectivity index (χ2n) is 4.29. The summed E-state index contributed by atoms with van der Waals surface area (Å²) < 4.78 is 6.20. The van der Waals surface area contributed by atoms with E-state index in [0.717, 1.165) is 17.5 Å². The first-order valence-electron chi connectivity index (χ1n) is 6.21. The number of aromatic nitrogens is 1. The van der Waals surface area contributed by atoms with Crippen molar-refractivity contribution in [2.45, 2.75) is 20.0 Å². The lowest BCUT2D eigenvalue weighted by Crippen LogP contribution is -2.02. The minimum absolute atomic E-state index is 0.0501. The van der Waals surface area contributed by atoms with Crippen molar-refractivity contribution in [1.29, 1.82) is 0 Å². The van der Waals surface area contributed by atoms with Crippen molar-refractivity contribution in [2.24, 2.45) is 0 Å². The largest absolute Gasteiger partial charge is 0.486 e. The highest BCUT2D eigenvalue weighted by molar-refractivity contribution is 9.10. The first kappa shape index (κ1) is 15.7. The Bertz CT molecular complexity index is 679. The van der Waals surface area contributed by atoms with Gasteiger partial charge in [-0.3, -0.25) is 10.1 Å². The van der Waals surface area contributed by atoms with Crippen LogP contribution >= 0.6 is 27.5 Å². The van der Waals surface area contributed by atoms with Crippen molar-refractivity contribution >= 4 is 33.2 Å². The van der Waals surface area contributed by atoms with Gasteiger partial charge in [-0.15, -0.1) is 0 Å². The van der Waals surface area contributed by atoms with Crippen LogP contribution in [0.1, 0.15) is 18.1 Å². The van der Waals surface area contributed by atoms with Gasteiger partial charge < -0.3 is 4.74 Å². The number of halogens is 2. The van der Waals surface area contributed by atoms with Crippen molar-refractivity contribution in [3.05, 3.63) is 61.3 Å².